The second-order valence-corrected chi connectivity index (χ2v) is 9.61. The number of pyridine rings is 2. The van der Waals surface area contributed by atoms with Gasteiger partial charge >= 0.3 is 0 Å². The summed E-state index contributed by atoms with van der Waals surface area (Å²) < 4.78 is 6.69. The van der Waals surface area contributed by atoms with Crippen molar-refractivity contribution in [3.05, 3.63) is 128 Å². The third kappa shape index (κ3) is 3.18. The lowest BCUT2D eigenvalue weighted by Crippen LogP contribution is -2.02. The van der Waals surface area contributed by atoms with E-state index in [-0.39, 0.29) is 0 Å². The van der Waals surface area contributed by atoms with E-state index in [0.29, 0.717) is 0 Å². The van der Waals surface area contributed by atoms with Gasteiger partial charge in [-0.05, 0) is 48.5 Å². The molecule has 8 aromatic rings. The molecule has 0 unspecified atom stereocenters. The van der Waals surface area contributed by atoms with Crippen molar-refractivity contribution >= 4 is 49.7 Å². The number of rotatable bonds is 4. The minimum Gasteiger partial charge on any atom is -0.309 e. The predicted octanol–water partition coefficient (Wildman–Crippen LogP) is 7.50. The fourth-order valence-corrected chi connectivity index (χ4v) is 5.76. The van der Waals surface area contributed by atoms with Crippen LogP contribution in [0, 0.1) is 0 Å². The number of hydrogen-bond acceptors (Lipinski definition) is 3. The summed E-state index contributed by atoms with van der Waals surface area (Å²) in [5.74, 6) is 0. The Balaban J connectivity index is 1.50. The van der Waals surface area contributed by atoms with E-state index in [0.717, 1.165) is 55.6 Å². The van der Waals surface area contributed by atoms with Crippen molar-refractivity contribution < 1.29 is 0 Å². The van der Waals surface area contributed by atoms with Crippen molar-refractivity contribution in [2.45, 2.75) is 0 Å². The highest BCUT2D eigenvalue weighted by Gasteiger charge is 2.17. The second kappa shape index (κ2) is 8.26. The van der Waals surface area contributed by atoms with Crippen molar-refractivity contribution in [1.29, 1.82) is 0 Å². The summed E-state index contributed by atoms with van der Waals surface area (Å²) in [6.45, 7) is 3.90. The molecule has 0 bridgehead atoms. The Morgan fingerprint density at radius 2 is 1.10 bits per heavy atom. The first-order valence-electron chi connectivity index (χ1n) is 12.8. The van der Waals surface area contributed by atoms with Gasteiger partial charge in [-0.1, -0.05) is 43.0 Å². The SMILES string of the molecule is C=Cc1cn(-c2cc(-n3c4ccccc4c4cnccc43)cc(-n3c4ccccc4c4cnccc43)c2)cn1. The fourth-order valence-electron chi connectivity index (χ4n) is 5.76. The zero-order valence-electron chi connectivity index (χ0n) is 20.9. The van der Waals surface area contributed by atoms with Crippen LogP contribution in [-0.2, 0) is 0 Å². The molecular weight excluding hydrogens is 480 g/mol. The molecule has 0 aliphatic carbocycles. The number of aromatic nitrogens is 6. The Morgan fingerprint density at radius 1 is 0.590 bits per heavy atom. The summed E-state index contributed by atoms with van der Waals surface area (Å²) in [6.07, 6.45) is 13.2. The van der Waals surface area contributed by atoms with Crippen LogP contribution >= 0.6 is 0 Å². The van der Waals surface area contributed by atoms with Gasteiger partial charge in [0.1, 0.15) is 0 Å². The topological polar surface area (TPSA) is 53.5 Å². The highest BCUT2D eigenvalue weighted by molar-refractivity contribution is 6.10. The first kappa shape index (κ1) is 21.6. The van der Waals surface area contributed by atoms with Crippen molar-refractivity contribution in [3.8, 4) is 17.1 Å². The standard InChI is InChI=1S/C33H22N6/c1-2-22-20-37(21-36-22)23-15-24(38-30-9-5-3-7-26(30)28-18-34-13-11-32(28)38)17-25(16-23)39-31-10-6-4-8-27(31)29-19-35-14-12-33(29)39/h2-21H,1H2. The molecule has 3 aromatic carbocycles. The van der Waals surface area contributed by atoms with Crippen LogP contribution in [0.2, 0.25) is 0 Å². The largest absolute Gasteiger partial charge is 0.309 e. The molecule has 0 atom stereocenters. The summed E-state index contributed by atoms with van der Waals surface area (Å²) in [5, 5.41) is 4.60. The molecule has 0 saturated heterocycles. The van der Waals surface area contributed by atoms with Gasteiger partial charge in [0.05, 0.1) is 51.2 Å². The van der Waals surface area contributed by atoms with Gasteiger partial charge in [-0.2, -0.15) is 0 Å². The highest BCUT2D eigenvalue weighted by Crippen LogP contribution is 2.36. The molecule has 0 amide bonds. The quantitative estimate of drug-likeness (QED) is 0.250. The fraction of sp³-hybridized carbons (Fsp3) is 0. The molecule has 5 aromatic heterocycles. The molecule has 6 nitrogen and oxygen atoms in total. The van der Waals surface area contributed by atoms with E-state index in [2.05, 4.69) is 114 Å². The Hall–Kier alpha value is -5.49. The van der Waals surface area contributed by atoms with E-state index in [1.54, 1.807) is 6.08 Å². The van der Waals surface area contributed by atoms with E-state index >= 15 is 0 Å². The van der Waals surface area contributed by atoms with Gasteiger partial charge in [0, 0.05) is 52.5 Å². The average molecular weight is 503 g/mol. The maximum atomic E-state index is 4.51. The number of para-hydroxylation sites is 2. The molecule has 5 heterocycles. The average Bonchev–Trinajstić information content (AvgIpc) is 3.70. The first-order chi connectivity index (χ1) is 19.3. The third-order valence-corrected chi connectivity index (χ3v) is 7.46. The molecule has 0 aliphatic heterocycles. The lowest BCUT2D eigenvalue weighted by Gasteiger charge is -2.16. The zero-order valence-corrected chi connectivity index (χ0v) is 20.9. The maximum absolute atomic E-state index is 4.51. The summed E-state index contributed by atoms with van der Waals surface area (Å²) in [6, 6.07) is 27.8. The van der Waals surface area contributed by atoms with Crippen molar-refractivity contribution in [2.75, 3.05) is 0 Å². The van der Waals surface area contributed by atoms with Crippen LogP contribution < -0.4 is 0 Å². The Kier molecular flexibility index (Phi) is 4.57. The number of nitrogens with zero attached hydrogens (tertiary/aromatic N) is 6. The molecule has 0 spiro atoms. The van der Waals surface area contributed by atoms with Gasteiger partial charge in [-0.15, -0.1) is 0 Å². The molecule has 0 saturated carbocycles. The zero-order chi connectivity index (χ0) is 25.9. The lowest BCUT2D eigenvalue weighted by atomic mass is 10.2. The summed E-state index contributed by atoms with van der Waals surface area (Å²) in [5.41, 5.74) is 8.41. The van der Waals surface area contributed by atoms with E-state index in [1.165, 1.54) is 10.8 Å². The van der Waals surface area contributed by atoms with Crippen LogP contribution in [-0.4, -0.2) is 28.7 Å². The summed E-state index contributed by atoms with van der Waals surface area (Å²) >= 11 is 0. The van der Waals surface area contributed by atoms with Crippen LogP contribution in [0.3, 0.4) is 0 Å². The van der Waals surface area contributed by atoms with Crippen molar-refractivity contribution in [3.63, 3.8) is 0 Å². The summed E-state index contributed by atoms with van der Waals surface area (Å²) in [7, 11) is 0. The first-order valence-corrected chi connectivity index (χ1v) is 12.8. The molecule has 0 N–H and O–H groups in total. The van der Waals surface area contributed by atoms with Crippen LogP contribution in [0.4, 0.5) is 0 Å². The number of imidazole rings is 1. The van der Waals surface area contributed by atoms with E-state index in [1.807, 2.05) is 37.3 Å². The normalized spacial score (nSPS) is 11.7. The molecule has 184 valence electrons. The van der Waals surface area contributed by atoms with Gasteiger partial charge in [-0.3, -0.25) is 9.97 Å². The number of hydrogen-bond donors (Lipinski definition) is 0. The van der Waals surface area contributed by atoms with Gasteiger partial charge in [-0.25, -0.2) is 4.98 Å². The predicted molar refractivity (Wildman–Crippen MR) is 158 cm³/mol. The molecule has 6 heteroatoms. The van der Waals surface area contributed by atoms with E-state index < -0.39 is 0 Å². The van der Waals surface area contributed by atoms with Crippen molar-refractivity contribution in [1.82, 2.24) is 28.7 Å². The van der Waals surface area contributed by atoms with Gasteiger partial charge in [0.2, 0.25) is 0 Å². The van der Waals surface area contributed by atoms with Gasteiger partial charge < -0.3 is 13.7 Å². The van der Waals surface area contributed by atoms with Crippen LogP contribution in [0.15, 0.2) is 123 Å². The van der Waals surface area contributed by atoms with Gasteiger partial charge in [0.15, 0.2) is 0 Å². The van der Waals surface area contributed by atoms with Crippen LogP contribution in [0.5, 0.6) is 0 Å². The molecule has 39 heavy (non-hydrogen) atoms. The molecular formula is C33H22N6. The lowest BCUT2D eigenvalue weighted by molar-refractivity contribution is 1.03. The Bertz CT molecular complexity index is 1970. The monoisotopic (exact) mass is 502 g/mol. The van der Waals surface area contributed by atoms with Crippen molar-refractivity contribution in [2.24, 2.45) is 0 Å². The molecule has 0 fully saturated rings. The number of fused-ring (bicyclic) bond motifs is 6. The Morgan fingerprint density at radius 3 is 1.64 bits per heavy atom. The van der Waals surface area contributed by atoms with E-state index in [4.69, 9.17) is 0 Å². The molecule has 0 radical (unpaired) electrons. The highest BCUT2D eigenvalue weighted by atomic mass is 15.1. The van der Waals surface area contributed by atoms with Gasteiger partial charge in [0.25, 0.3) is 0 Å². The van der Waals surface area contributed by atoms with E-state index in [9.17, 15) is 0 Å². The molecule has 0 aliphatic rings. The smallest absolute Gasteiger partial charge is 0.0999 e. The summed E-state index contributed by atoms with van der Waals surface area (Å²) in [4.78, 5) is 13.4. The second-order valence-electron chi connectivity index (χ2n) is 9.61. The van der Waals surface area contributed by atoms with Crippen LogP contribution in [0.1, 0.15) is 5.69 Å². The third-order valence-electron chi connectivity index (χ3n) is 7.46. The van der Waals surface area contributed by atoms with Crippen LogP contribution in [0.25, 0.3) is 66.7 Å². The Labute approximate surface area is 223 Å². The minimum absolute atomic E-state index is 0.827. The maximum Gasteiger partial charge on any atom is 0.0999 e. The minimum atomic E-state index is 0.827. The number of benzene rings is 3. The molecule has 8 rings (SSSR count).